The lowest BCUT2D eigenvalue weighted by atomic mass is 10.1. The molecular weight excluding hydrogens is 242 g/mol. The lowest BCUT2D eigenvalue weighted by molar-refractivity contribution is -0.137. The summed E-state index contributed by atoms with van der Waals surface area (Å²) in [5.41, 5.74) is -0.594. The summed E-state index contributed by atoms with van der Waals surface area (Å²) in [7, 11) is -3.40. The molecule has 6 heteroatoms. The van der Waals surface area contributed by atoms with Crippen molar-refractivity contribution < 1.29 is 18.3 Å². The first-order valence-corrected chi connectivity index (χ1v) is 7.30. The minimum atomic E-state index is -3.40. The maximum atomic E-state index is 12.1. The van der Waals surface area contributed by atoms with Crippen molar-refractivity contribution in [1.29, 1.82) is 0 Å². The van der Waals surface area contributed by atoms with Crippen molar-refractivity contribution in [2.75, 3.05) is 12.3 Å². The quantitative estimate of drug-likeness (QED) is 0.790. The highest BCUT2D eigenvalue weighted by molar-refractivity contribution is 7.89. The topological polar surface area (TPSA) is 74.7 Å². The van der Waals surface area contributed by atoms with E-state index >= 15 is 0 Å². The van der Waals surface area contributed by atoms with E-state index in [4.69, 9.17) is 5.11 Å². The first-order valence-electron chi connectivity index (χ1n) is 5.69. The molecule has 17 heavy (non-hydrogen) atoms. The molecule has 0 spiro atoms. The van der Waals surface area contributed by atoms with Crippen molar-refractivity contribution in [2.45, 2.75) is 46.6 Å². The second-order valence-corrected chi connectivity index (χ2v) is 7.50. The van der Waals surface area contributed by atoms with Gasteiger partial charge in [-0.05, 0) is 26.7 Å². The molecule has 0 rings (SSSR count). The number of carboxylic acid groups (broad SMARTS) is 1. The largest absolute Gasteiger partial charge is 0.481 e. The van der Waals surface area contributed by atoms with Crippen LogP contribution < -0.4 is 0 Å². The molecule has 0 saturated carbocycles. The van der Waals surface area contributed by atoms with Crippen molar-refractivity contribution in [2.24, 2.45) is 5.92 Å². The number of aliphatic carboxylic acids is 1. The van der Waals surface area contributed by atoms with Gasteiger partial charge in [0, 0.05) is 12.1 Å². The Kier molecular flexibility index (Phi) is 5.61. The molecular formula is C11H23NO4S. The van der Waals surface area contributed by atoms with Crippen molar-refractivity contribution in [3.05, 3.63) is 0 Å². The van der Waals surface area contributed by atoms with Gasteiger partial charge in [0.2, 0.25) is 10.0 Å². The number of carboxylic acids is 1. The van der Waals surface area contributed by atoms with E-state index in [0.717, 1.165) is 0 Å². The molecule has 0 aromatic carbocycles. The summed E-state index contributed by atoms with van der Waals surface area (Å²) in [6.45, 7) is 8.99. The van der Waals surface area contributed by atoms with E-state index in [2.05, 4.69) is 0 Å². The third-order valence-corrected chi connectivity index (χ3v) is 4.65. The number of hydrogen-bond acceptors (Lipinski definition) is 3. The molecule has 0 unspecified atom stereocenters. The predicted octanol–water partition coefficient (Wildman–Crippen LogP) is 1.55. The predicted molar refractivity (Wildman–Crippen MR) is 67.3 cm³/mol. The zero-order valence-electron chi connectivity index (χ0n) is 11.2. The van der Waals surface area contributed by atoms with Crippen LogP contribution in [0.2, 0.25) is 0 Å². The van der Waals surface area contributed by atoms with Gasteiger partial charge in [0.1, 0.15) is 0 Å². The van der Waals surface area contributed by atoms with Gasteiger partial charge < -0.3 is 5.11 Å². The second kappa shape index (κ2) is 5.82. The van der Waals surface area contributed by atoms with Crippen LogP contribution in [0.5, 0.6) is 0 Å². The first kappa shape index (κ1) is 16.4. The number of hydrogen-bond donors (Lipinski definition) is 1. The van der Waals surface area contributed by atoms with Crippen LogP contribution in [0.1, 0.15) is 41.0 Å². The summed E-state index contributed by atoms with van der Waals surface area (Å²) >= 11 is 0. The highest BCUT2D eigenvalue weighted by atomic mass is 32.2. The fraction of sp³-hybridized carbons (Fsp3) is 0.909. The van der Waals surface area contributed by atoms with E-state index in [1.807, 2.05) is 13.8 Å². The Bertz CT molecular complexity index is 354. The SMILES string of the molecule is CC(C)CS(=O)(=O)N(CCC(=O)O)C(C)(C)C. The average molecular weight is 265 g/mol. The van der Waals surface area contributed by atoms with Crippen molar-refractivity contribution in [3.8, 4) is 0 Å². The lowest BCUT2D eigenvalue weighted by Crippen LogP contribution is -2.48. The van der Waals surface area contributed by atoms with Gasteiger partial charge >= 0.3 is 5.97 Å². The summed E-state index contributed by atoms with van der Waals surface area (Å²) in [4.78, 5) is 10.6. The van der Waals surface area contributed by atoms with E-state index in [1.165, 1.54) is 4.31 Å². The van der Waals surface area contributed by atoms with Gasteiger partial charge in [0.25, 0.3) is 0 Å². The maximum absolute atomic E-state index is 12.1. The van der Waals surface area contributed by atoms with Gasteiger partial charge in [-0.25, -0.2) is 8.42 Å². The summed E-state index contributed by atoms with van der Waals surface area (Å²) in [5.74, 6) is -0.919. The van der Waals surface area contributed by atoms with Crippen LogP contribution in [0.4, 0.5) is 0 Å². The third kappa shape index (κ3) is 6.02. The van der Waals surface area contributed by atoms with Gasteiger partial charge in [0.05, 0.1) is 12.2 Å². The number of nitrogens with zero attached hydrogens (tertiary/aromatic N) is 1. The van der Waals surface area contributed by atoms with E-state index in [1.54, 1.807) is 20.8 Å². The third-order valence-electron chi connectivity index (χ3n) is 2.16. The van der Waals surface area contributed by atoms with Gasteiger partial charge in [-0.2, -0.15) is 4.31 Å². The molecule has 0 bridgehead atoms. The molecule has 5 nitrogen and oxygen atoms in total. The Labute approximate surface area is 104 Å². The Morgan fingerprint density at radius 3 is 2.06 bits per heavy atom. The van der Waals surface area contributed by atoms with Crippen LogP contribution in [0.3, 0.4) is 0 Å². The second-order valence-electron chi connectivity index (χ2n) is 5.56. The smallest absolute Gasteiger partial charge is 0.304 e. The molecule has 0 aliphatic rings. The molecule has 0 aromatic rings. The van der Waals surface area contributed by atoms with E-state index < -0.39 is 21.5 Å². The highest BCUT2D eigenvalue weighted by Gasteiger charge is 2.33. The molecule has 0 fully saturated rings. The first-order chi connectivity index (χ1) is 7.47. The maximum Gasteiger partial charge on any atom is 0.304 e. The van der Waals surface area contributed by atoms with Gasteiger partial charge in [-0.1, -0.05) is 13.8 Å². The normalized spacial score (nSPS) is 13.4. The molecule has 0 atom stereocenters. The van der Waals surface area contributed by atoms with Crippen LogP contribution in [-0.2, 0) is 14.8 Å². The van der Waals surface area contributed by atoms with Crippen molar-refractivity contribution >= 4 is 16.0 Å². The Balaban J connectivity index is 4.99. The highest BCUT2D eigenvalue weighted by Crippen LogP contribution is 2.20. The fourth-order valence-electron chi connectivity index (χ4n) is 1.60. The van der Waals surface area contributed by atoms with Crippen LogP contribution in [0.25, 0.3) is 0 Å². The zero-order chi connectivity index (χ0) is 13.9. The molecule has 1 N–H and O–H groups in total. The molecule has 102 valence electrons. The van der Waals surface area contributed by atoms with E-state index in [9.17, 15) is 13.2 Å². The summed E-state index contributed by atoms with van der Waals surface area (Å²) in [6, 6.07) is 0. The van der Waals surface area contributed by atoms with Crippen LogP contribution >= 0.6 is 0 Å². The Hall–Kier alpha value is -0.620. The molecule has 0 aliphatic heterocycles. The number of rotatable bonds is 6. The molecule has 0 aliphatic carbocycles. The molecule has 0 saturated heterocycles. The van der Waals surface area contributed by atoms with Gasteiger partial charge in [-0.3, -0.25) is 4.79 Å². The summed E-state index contributed by atoms with van der Waals surface area (Å²) in [6.07, 6.45) is -0.172. The molecule has 0 radical (unpaired) electrons. The average Bonchev–Trinajstić information content (AvgIpc) is 1.96. The fourth-order valence-corrected chi connectivity index (χ4v) is 3.83. The Morgan fingerprint density at radius 2 is 1.76 bits per heavy atom. The van der Waals surface area contributed by atoms with E-state index in [0.29, 0.717) is 0 Å². The minimum absolute atomic E-state index is 0.0217. The van der Waals surface area contributed by atoms with E-state index in [-0.39, 0.29) is 24.6 Å². The van der Waals surface area contributed by atoms with Crippen molar-refractivity contribution in [3.63, 3.8) is 0 Å². The standard InChI is InChI=1S/C11H23NO4S/c1-9(2)8-17(15,16)12(11(3,4)5)7-6-10(13)14/h9H,6-8H2,1-5H3,(H,13,14). The van der Waals surface area contributed by atoms with Crippen LogP contribution in [0.15, 0.2) is 0 Å². The molecule has 0 amide bonds. The number of sulfonamides is 1. The summed E-state index contributed by atoms with van der Waals surface area (Å²) < 4.78 is 25.6. The van der Waals surface area contributed by atoms with Crippen molar-refractivity contribution in [1.82, 2.24) is 4.31 Å². The van der Waals surface area contributed by atoms with Crippen LogP contribution in [-0.4, -0.2) is 41.6 Å². The number of carbonyl (C=O) groups is 1. The Morgan fingerprint density at radius 1 is 1.29 bits per heavy atom. The molecule has 0 aromatic heterocycles. The monoisotopic (exact) mass is 265 g/mol. The lowest BCUT2D eigenvalue weighted by Gasteiger charge is -2.34. The minimum Gasteiger partial charge on any atom is -0.481 e. The van der Waals surface area contributed by atoms with Crippen LogP contribution in [0, 0.1) is 5.92 Å². The summed E-state index contributed by atoms with van der Waals surface area (Å²) in [5, 5.41) is 8.65. The van der Waals surface area contributed by atoms with Gasteiger partial charge in [-0.15, -0.1) is 0 Å². The zero-order valence-corrected chi connectivity index (χ0v) is 12.0. The molecule has 0 heterocycles. The van der Waals surface area contributed by atoms with Gasteiger partial charge in [0.15, 0.2) is 0 Å².